The van der Waals surface area contributed by atoms with Gasteiger partial charge in [-0.2, -0.15) is 19.6 Å². The molecule has 0 saturated carbocycles. The molecule has 0 radical (unpaired) electrons. The number of halogens is 1. The summed E-state index contributed by atoms with van der Waals surface area (Å²) in [7, 11) is 0. The molecule has 7 rings (SSSR count). The molecule has 0 unspecified atom stereocenters. The highest BCUT2D eigenvalue weighted by Crippen LogP contribution is 2.29. The van der Waals surface area contributed by atoms with Gasteiger partial charge in [-0.3, -0.25) is 9.88 Å². The summed E-state index contributed by atoms with van der Waals surface area (Å²) in [5.74, 6) is 0.763. The molecule has 15 heteroatoms. The summed E-state index contributed by atoms with van der Waals surface area (Å²) < 4.78 is 23.4. The maximum Gasteiger partial charge on any atom is 0.258 e. The van der Waals surface area contributed by atoms with Crippen molar-refractivity contribution in [2.24, 2.45) is 0 Å². The van der Waals surface area contributed by atoms with Gasteiger partial charge in [0.2, 0.25) is 17.6 Å². The van der Waals surface area contributed by atoms with Crippen LogP contribution >= 0.6 is 0 Å². The molecule has 1 fully saturated rings. The lowest BCUT2D eigenvalue weighted by Crippen LogP contribution is -2.47. The number of nitrogen functional groups attached to an aromatic ring is 1. The molecule has 1 aliphatic heterocycles. The number of anilines is 2. The van der Waals surface area contributed by atoms with Crippen LogP contribution in [0.25, 0.3) is 39.6 Å². The van der Waals surface area contributed by atoms with Crippen molar-refractivity contribution in [3.05, 3.63) is 60.5 Å². The van der Waals surface area contributed by atoms with E-state index in [0.29, 0.717) is 59.5 Å². The number of pyridine rings is 1. The van der Waals surface area contributed by atoms with Crippen LogP contribution in [0.4, 0.5) is 16.0 Å². The Morgan fingerprint density at radius 3 is 2.58 bits per heavy atom. The maximum absolute atomic E-state index is 14.9. The average Bonchev–Trinajstić information content (AvgIpc) is 3.76. The van der Waals surface area contributed by atoms with Gasteiger partial charge in [0.15, 0.2) is 11.3 Å². The minimum absolute atomic E-state index is 0.102. The van der Waals surface area contributed by atoms with Crippen molar-refractivity contribution in [3.63, 3.8) is 0 Å². The van der Waals surface area contributed by atoms with E-state index in [4.69, 9.17) is 10.3 Å². The molecule has 3 N–H and O–H groups in total. The average molecular weight is 585 g/mol. The second kappa shape index (κ2) is 10.4. The van der Waals surface area contributed by atoms with Gasteiger partial charge in [0.1, 0.15) is 17.1 Å². The first-order valence-corrected chi connectivity index (χ1v) is 13.9. The van der Waals surface area contributed by atoms with Crippen LogP contribution in [-0.4, -0.2) is 87.2 Å². The van der Waals surface area contributed by atoms with E-state index < -0.39 is 5.60 Å². The molecule has 43 heavy (non-hydrogen) atoms. The Morgan fingerprint density at radius 1 is 1.00 bits per heavy atom. The van der Waals surface area contributed by atoms with Gasteiger partial charge in [-0.05, 0) is 44.2 Å². The molecule has 1 aromatic carbocycles. The fourth-order valence-corrected chi connectivity index (χ4v) is 5.16. The zero-order valence-electron chi connectivity index (χ0n) is 23.6. The molecule has 0 amide bonds. The summed E-state index contributed by atoms with van der Waals surface area (Å²) in [6, 6.07) is 10.3. The van der Waals surface area contributed by atoms with Crippen LogP contribution in [0.5, 0.6) is 0 Å². The van der Waals surface area contributed by atoms with Gasteiger partial charge in [-0.15, -0.1) is 5.10 Å². The Balaban J connectivity index is 1.03. The lowest BCUT2D eigenvalue weighted by atomic mass is 10.1. The third-order valence-corrected chi connectivity index (χ3v) is 7.49. The van der Waals surface area contributed by atoms with Crippen LogP contribution in [0.3, 0.4) is 0 Å². The molecule has 0 spiro atoms. The minimum Gasteiger partial charge on any atom is -0.381 e. The lowest BCUT2D eigenvalue weighted by Gasteiger charge is -2.36. The van der Waals surface area contributed by atoms with Gasteiger partial charge in [0.25, 0.3) is 5.89 Å². The van der Waals surface area contributed by atoms with Crippen molar-refractivity contribution in [1.29, 1.82) is 0 Å². The zero-order chi connectivity index (χ0) is 29.7. The molecule has 1 aliphatic rings. The predicted octanol–water partition coefficient (Wildman–Crippen LogP) is 2.36. The zero-order valence-corrected chi connectivity index (χ0v) is 23.6. The molecular formula is C28H29FN12O2. The Morgan fingerprint density at radius 2 is 1.84 bits per heavy atom. The molecule has 1 saturated heterocycles. The second-order valence-corrected chi connectivity index (χ2v) is 10.9. The molecule has 6 aromatic rings. The number of nitrogens with zero attached hydrogens (tertiary/aromatic N) is 11. The largest absolute Gasteiger partial charge is 0.381 e. The van der Waals surface area contributed by atoms with Crippen LogP contribution in [0, 0.1) is 5.82 Å². The van der Waals surface area contributed by atoms with Crippen molar-refractivity contribution < 1.29 is 14.0 Å². The molecule has 0 aliphatic carbocycles. The van der Waals surface area contributed by atoms with Gasteiger partial charge >= 0.3 is 0 Å². The van der Waals surface area contributed by atoms with E-state index in [1.54, 1.807) is 38.4 Å². The van der Waals surface area contributed by atoms with Gasteiger partial charge in [0, 0.05) is 44.5 Å². The summed E-state index contributed by atoms with van der Waals surface area (Å²) in [5.41, 5.74) is 7.93. The molecule has 220 valence electrons. The van der Waals surface area contributed by atoms with E-state index in [9.17, 15) is 9.50 Å². The van der Waals surface area contributed by atoms with Crippen LogP contribution in [0.2, 0.25) is 0 Å². The van der Waals surface area contributed by atoms with Crippen LogP contribution in [0.1, 0.15) is 19.7 Å². The predicted molar refractivity (Wildman–Crippen MR) is 155 cm³/mol. The lowest BCUT2D eigenvalue weighted by molar-refractivity contribution is 0.0420. The molecule has 6 heterocycles. The van der Waals surface area contributed by atoms with Gasteiger partial charge in [-0.1, -0.05) is 11.2 Å². The quantitative estimate of drug-likeness (QED) is 0.282. The van der Waals surface area contributed by atoms with E-state index in [-0.39, 0.29) is 17.7 Å². The number of aromatic nitrogens is 9. The highest BCUT2D eigenvalue weighted by molar-refractivity contribution is 5.90. The highest BCUT2D eigenvalue weighted by atomic mass is 19.1. The SMILES string of the molecule is CC(C)(O)c1nc(-c2ccc(F)c(N3CCN(CCn4ncc5c4nc(N)n4nc(-c6ccccn6)nc54)CC3)c2)no1. The number of benzene rings is 1. The standard InChI is InChI=1S/C28H29FN12O2/c1-28(2,42)26-34-22(37-43-26)17-6-7-19(29)21(15-17)39-12-9-38(10-13-39)11-14-40-24-18(16-32-40)25-33-23(20-5-3-4-8-31-20)36-41(25)27(30)35-24/h3-8,15-16,42H,9-14H2,1-2H3,(H2,30,35). The Bertz CT molecular complexity index is 1920. The van der Waals surface area contributed by atoms with E-state index in [1.165, 1.54) is 10.6 Å². The Labute approximate surface area is 244 Å². The topological polar surface area (TPSA) is 165 Å². The number of hydrogen-bond acceptors (Lipinski definition) is 12. The molecule has 0 atom stereocenters. The Kier molecular flexibility index (Phi) is 6.47. The van der Waals surface area contributed by atoms with Crippen molar-refractivity contribution in [2.75, 3.05) is 43.4 Å². The minimum atomic E-state index is -1.26. The van der Waals surface area contributed by atoms with Gasteiger partial charge in [-0.25, -0.2) is 14.1 Å². The Hall–Kier alpha value is -5.02. The third-order valence-electron chi connectivity index (χ3n) is 7.49. The fraction of sp³-hybridized carbons (Fsp3) is 0.321. The molecule has 0 bridgehead atoms. The summed E-state index contributed by atoms with van der Waals surface area (Å²) >= 11 is 0. The smallest absolute Gasteiger partial charge is 0.258 e. The van der Waals surface area contributed by atoms with Crippen LogP contribution in [-0.2, 0) is 12.1 Å². The van der Waals surface area contributed by atoms with E-state index in [0.717, 1.165) is 25.0 Å². The molecular weight excluding hydrogens is 555 g/mol. The first kappa shape index (κ1) is 26.9. The second-order valence-electron chi connectivity index (χ2n) is 10.9. The van der Waals surface area contributed by atoms with Gasteiger partial charge in [0.05, 0.1) is 23.8 Å². The number of aliphatic hydroxyl groups is 1. The van der Waals surface area contributed by atoms with E-state index >= 15 is 0 Å². The molecule has 14 nitrogen and oxygen atoms in total. The first-order chi connectivity index (χ1) is 20.7. The maximum atomic E-state index is 14.9. The highest BCUT2D eigenvalue weighted by Gasteiger charge is 2.26. The van der Waals surface area contributed by atoms with Crippen molar-refractivity contribution in [2.45, 2.75) is 26.0 Å². The summed E-state index contributed by atoms with van der Waals surface area (Å²) in [6.07, 6.45) is 3.42. The van der Waals surface area contributed by atoms with Crippen LogP contribution in [0.15, 0.2) is 53.3 Å². The summed E-state index contributed by atoms with van der Waals surface area (Å²) in [4.78, 5) is 22.1. The third kappa shape index (κ3) is 5.02. The van der Waals surface area contributed by atoms with Gasteiger partial charge < -0.3 is 20.3 Å². The van der Waals surface area contributed by atoms with Crippen molar-refractivity contribution >= 4 is 28.3 Å². The first-order valence-electron chi connectivity index (χ1n) is 13.9. The number of rotatable bonds is 7. The number of fused-ring (bicyclic) bond motifs is 3. The van der Waals surface area contributed by atoms with Crippen molar-refractivity contribution in [1.82, 2.24) is 49.4 Å². The van der Waals surface area contributed by atoms with E-state index in [1.807, 2.05) is 27.8 Å². The molecule has 5 aromatic heterocycles. The summed E-state index contributed by atoms with van der Waals surface area (Å²) in [5, 5.41) is 23.9. The number of nitrogens with two attached hydrogens (primary N) is 1. The van der Waals surface area contributed by atoms with E-state index in [2.05, 4.69) is 40.2 Å². The van der Waals surface area contributed by atoms with Crippen molar-refractivity contribution in [3.8, 4) is 22.9 Å². The number of piperazine rings is 1. The normalized spacial score (nSPS) is 14.7. The summed E-state index contributed by atoms with van der Waals surface area (Å²) in [6.45, 7) is 7.22. The monoisotopic (exact) mass is 584 g/mol. The fourth-order valence-electron chi connectivity index (χ4n) is 5.16. The number of hydrogen-bond donors (Lipinski definition) is 2. The van der Waals surface area contributed by atoms with Crippen LogP contribution < -0.4 is 10.6 Å².